The van der Waals surface area contributed by atoms with Crippen LogP contribution in [0.3, 0.4) is 0 Å². The van der Waals surface area contributed by atoms with E-state index in [0.29, 0.717) is 23.5 Å². The first-order valence-electron chi connectivity index (χ1n) is 9.87. The zero-order valence-electron chi connectivity index (χ0n) is 17.4. The Morgan fingerprint density at radius 1 is 0.933 bits per heavy atom. The van der Waals surface area contributed by atoms with Crippen molar-refractivity contribution in [1.82, 2.24) is 9.88 Å². The molecule has 3 N–H and O–H groups in total. The molecule has 3 aromatic rings. The van der Waals surface area contributed by atoms with Crippen molar-refractivity contribution < 1.29 is 14.4 Å². The normalized spacial score (nSPS) is 10.9. The lowest BCUT2D eigenvalue weighted by Crippen LogP contribution is -2.37. The van der Waals surface area contributed by atoms with Gasteiger partial charge in [0.1, 0.15) is 0 Å². The van der Waals surface area contributed by atoms with Crippen LogP contribution in [0.25, 0.3) is 10.9 Å². The molecule has 0 fully saturated rings. The smallest absolute Gasteiger partial charge is 0.238 e. The SMILES string of the molecule is CCN(CC(=O)Nc1ccc(NC(C)=O)cc1)CC(=O)c1c(C)[nH]c2ccccc12. The third-order valence-electron chi connectivity index (χ3n) is 4.84. The van der Waals surface area contributed by atoms with Gasteiger partial charge >= 0.3 is 0 Å². The predicted molar refractivity (Wildman–Crippen MR) is 119 cm³/mol. The Kier molecular flexibility index (Phi) is 6.64. The third kappa shape index (κ3) is 5.12. The van der Waals surface area contributed by atoms with Gasteiger partial charge in [0.15, 0.2) is 5.78 Å². The van der Waals surface area contributed by atoms with Crippen LogP contribution in [0.5, 0.6) is 0 Å². The summed E-state index contributed by atoms with van der Waals surface area (Å²) >= 11 is 0. The second kappa shape index (κ2) is 9.37. The van der Waals surface area contributed by atoms with Crippen molar-refractivity contribution in [2.75, 3.05) is 30.3 Å². The summed E-state index contributed by atoms with van der Waals surface area (Å²) in [6, 6.07) is 14.6. The first kappa shape index (κ1) is 21.3. The van der Waals surface area contributed by atoms with E-state index in [2.05, 4.69) is 15.6 Å². The summed E-state index contributed by atoms with van der Waals surface area (Å²) in [5.41, 5.74) is 3.74. The molecular weight excluding hydrogens is 380 g/mol. The number of likely N-dealkylation sites (N-methyl/N-ethyl adjacent to an activating group) is 1. The van der Waals surface area contributed by atoms with Crippen molar-refractivity contribution in [2.45, 2.75) is 20.8 Å². The number of aryl methyl sites for hydroxylation is 1. The summed E-state index contributed by atoms with van der Waals surface area (Å²) in [4.78, 5) is 41.5. The Balaban J connectivity index is 1.62. The van der Waals surface area contributed by atoms with Crippen LogP contribution in [-0.2, 0) is 9.59 Å². The second-order valence-corrected chi connectivity index (χ2v) is 7.20. The lowest BCUT2D eigenvalue weighted by molar-refractivity contribution is -0.117. The largest absolute Gasteiger partial charge is 0.358 e. The molecule has 0 aliphatic rings. The average molecular weight is 406 g/mol. The van der Waals surface area contributed by atoms with Gasteiger partial charge in [-0.25, -0.2) is 0 Å². The van der Waals surface area contributed by atoms with E-state index in [1.54, 1.807) is 24.3 Å². The minimum absolute atomic E-state index is 0.0146. The maximum absolute atomic E-state index is 12.9. The summed E-state index contributed by atoms with van der Waals surface area (Å²) in [5, 5.41) is 6.41. The predicted octanol–water partition coefficient (Wildman–Crippen LogP) is 3.58. The van der Waals surface area contributed by atoms with Gasteiger partial charge in [0.25, 0.3) is 0 Å². The number of carbonyl (C=O) groups excluding carboxylic acids is 3. The zero-order valence-corrected chi connectivity index (χ0v) is 17.4. The van der Waals surface area contributed by atoms with Crippen LogP contribution in [0.15, 0.2) is 48.5 Å². The lowest BCUT2D eigenvalue weighted by Gasteiger charge is -2.19. The molecule has 156 valence electrons. The van der Waals surface area contributed by atoms with Crippen LogP contribution in [0.4, 0.5) is 11.4 Å². The van der Waals surface area contributed by atoms with Crippen LogP contribution in [-0.4, -0.2) is 47.1 Å². The van der Waals surface area contributed by atoms with Crippen LogP contribution in [0.1, 0.15) is 29.9 Å². The summed E-state index contributed by atoms with van der Waals surface area (Å²) in [5.74, 6) is -0.368. The molecule has 1 aromatic heterocycles. The molecule has 3 rings (SSSR count). The van der Waals surface area contributed by atoms with Crippen molar-refractivity contribution in [1.29, 1.82) is 0 Å². The molecule has 0 saturated heterocycles. The number of aromatic nitrogens is 1. The summed E-state index contributed by atoms with van der Waals surface area (Å²) in [6.45, 7) is 6.09. The van der Waals surface area contributed by atoms with Gasteiger partial charge in [0, 0.05) is 40.5 Å². The van der Waals surface area contributed by atoms with Crippen molar-refractivity contribution in [3.63, 3.8) is 0 Å². The summed E-state index contributed by atoms with van der Waals surface area (Å²) < 4.78 is 0. The van der Waals surface area contributed by atoms with Crippen molar-refractivity contribution in [3.8, 4) is 0 Å². The number of Topliss-reactive ketones (excluding diaryl/α,β-unsaturated/α-hetero) is 1. The van der Waals surface area contributed by atoms with E-state index in [0.717, 1.165) is 16.6 Å². The molecule has 7 nitrogen and oxygen atoms in total. The Bertz CT molecular complexity index is 1070. The maximum Gasteiger partial charge on any atom is 0.238 e. The number of hydrogen-bond donors (Lipinski definition) is 3. The van der Waals surface area contributed by atoms with E-state index in [4.69, 9.17) is 0 Å². The Morgan fingerprint density at radius 2 is 1.57 bits per heavy atom. The molecular formula is C23H26N4O3. The highest BCUT2D eigenvalue weighted by Gasteiger charge is 2.19. The molecule has 1 heterocycles. The third-order valence-corrected chi connectivity index (χ3v) is 4.84. The number of para-hydroxylation sites is 1. The topological polar surface area (TPSA) is 94.3 Å². The molecule has 0 spiro atoms. The quantitative estimate of drug-likeness (QED) is 0.499. The van der Waals surface area contributed by atoms with Crippen molar-refractivity contribution >= 4 is 39.9 Å². The molecule has 2 aromatic carbocycles. The summed E-state index contributed by atoms with van der Waals surface area (Å²) in [6.07, 6.45) is 0. The molecule has 0 aliphatic heterocycles. The Labute approximate surface area is 175 Å². The molecule has 0 radical (unpaired) electrons. The minimum atomic E-state index is -0.201. The number of amides is 2. The highest BCUT2D eigenvalue weighted by atomic mass is 16.2. The van der Waals surface area contributed by atoms with Crippen LogP contribution >= 0.6 is 0 Å². The number of aromatic amines is 1. The van der Waals surface area contributed by atoms with Crippen LogP contribution < -0.4 is 10.6 Å². The van der Waals surface area contributed by atoms with E-state index in [-0.39, 0.29) is 30.7 Å². The first-order chi connectivity index (χ1) is 14.4. The lowest BCUT2D eigenvalue weighted by atomic mass is 10.1. The molecule has 2 amide bonds. The van der Waals surface area contributed by atoms with Gasteiger partial charge in [-0.15, -0.1) is 0 Å². The number of nitrogens with one attached hydrogen (secondary N) is 3. The van der Waals surface area contributed by atoms with Gasteiger partial charge in [-0.1, -0.05) is 25.1 Å². The number of hydrogen-bond acceptors (Lipinski definition) is 4. The number of benzene rings is 2. The highest BCUT2D eigenvalue weighted by Crippen LogP contribution is 2.22. The fourth-order valence-corrected chi connectivity index (χ4v) is 3.44. The number of nitrogens with zero attached hydrogens (tertiary/aromatic N) is 1. The number of rotatable bonds is 8. The van der Waals surface area contributed by atoms with E-state index in [9.17, 15) is 14.4 Å². The van der Waals surface area contributed by atoms with Gasteiger partial charge in [0.2, 0.25) is 11.8 Å². The summed E-state index contributed by atoms with van der Waals surface area (Å²) in [7, 11) is 0. The van der Waals surface area contributed by atoms with Crippen molar-refractivity contribution in [2.24, 2.45) is 0 Å². The van der Waals surface area contributed by atoms with Gasteiger partial charge in [-0.2, -0.15) is 0 Å². The Hall–Kier alpha value is -3.45. The van der Waals surface area contributed by atoms with Gasteiger partial charge in [0.05, 0.1) is 13.1 Å². The fourth-order valence-electron chi connectivity index (χ4n) is 3.44. The number of carbonyl (C=O) groups is 3. The number of fused-ring (bicyclic) bond motifs is 1. The second-order valence-electron chi connectivity index (χ2n) is 7.20. The number of ketones is 1. The van der Waals surface area contributed by atoms with Crippen molar-refractivity contribution in [3.05, 3.63) is 59.8 Å². The molecule has 0 bridgehead atoms. The van der Waals surface area contributed by atoms with E-state index >= 15 is 0 Å². The van der Waals surface area contributed by atoms with E-state index in [1.165, 1.54) is 6.92 Å². The monoisotopic (exact) mass is 406 g/mol. The van der Waals surface area contributed by atoms with Gasteiger partial charge < -0.3 is 15.6 Å². The van der Waals surface area contributed by atoms with Crippen LogP contribution in [0.2, 0.25) is 0 Å². The fraction of sp³-hybridized carbons (Fsp3) is 0.261. The first-order valence-corrected chi connectivity index (χ1v) is 9.87. The Morgan fingerprint density at radius 3 is 2.20 bits per heavy atom. The molecule has 0 atom stereocenters. The van der Waals surface area contributed by atoms with Gasteiger partial charge in [-0.05, 0) is 43.8 Å². The standard InChI is InChI=1S/C23H26N4O3/c1-4-27(13-21(29)23-15(2)24-20-8-6-5-7-19(20)23)14-22(30)26-18-11-9-17(10-12-18)25-16(3)28/h5-12,24H,4,13-14H2,1-3H3,(H,25,28)(H,26,30). The maximum atomic E-state index is 12.9. The zero-order chi connectivity index (χ0) is 21.7. The number of anilines is 2. The molecule has 30 heavy (non-hydrogen) atoms. The molecule has 0 saturated carbocycles. The minimum Gasteiger partial charge on any atom is -0.358 e. The highest BCUT2D eigenvalue weighted by molar-refractivity contribution is 6.10. The van der Waals surface area contributed by atoms with Crippen LogP contribution in [0, 0.1) is 6.92 Å². The van der Waals surface area contributed by atoms with E-state index < -0.39 is 0 Å². The molecule has 0 aliphatic carbocycles. The van der Waals surface area contributed by atoms with E-state index in [1.807, 2.05) is 43.0 Å². The molecule has 7 heteroatoms. The average Bonchev–Trinajstić information content (AvgIpc) is 3.04. The number of H-pyrrole nitrogens is 1. The van der Waals surface area contributed by atoms with Gasteiger partial charge in [-0.3, -0.25) is 19.3 Å². The molecule has 0 unspecified atom stereocenters.